The summed E-state index contributed by atoms with van der Waals surface area (Å²) in [6.07, 6.45) is -3.02. The molecule has 3 aromatic rings. The van der Waals surface area contributed by atoms with Gasteiger partial charge in [-0.05, 0) is 41.5 Å². The number of aromatic nitrogens is 1. The van der Waals surface area contributed by atoms with E-state index in [1.165, 1.54) is 37.4 Å². The second kappa shape index (κ2) is 7.40. The molecule has 1 amide bonds. The zero-order valence-corrected chi connectivity index (χ0v) is 16.5. The Morgan fingerprint density at radius 2 is 1.75 bits per heavy atom. The van der Waals surface area contributed by atoms with Crippen molar-refractivity contribution in [1.29, 1.82) is 0 Å². The van der Waals surface area contributed by atoms with E-state index < -0.39 is 34.8 Å². The Morgan fingerprint density at radius 1 is 1.00 bits per heavy atom. The summed E-state index contributed by atoms with van der Waals surface area (Å²) in [5.74, 6) is -2.30. The van der Waals surface area contributed by atoms with Gasteiger partial charge in [-0.3, -0.25) is 14.7 Å². The van der Waals surface area contributed by atoms with Gasteiger partial charge in [0, 0.05) is 30.6 Å². The van der Waals surface area contributed by atoms with E-state index in [9.17, 15) is 26.7 Å². The van der Waals surface area contributed by atoms with Gasteiger partial charge in [0.25, 0.3) is 5.91 Å². The first kappa shape index (κ1) is 21.4. The number of aliphatic imine (C=N–C) groups is 1. The number of nitrogens with zero attached hydrogens (tertiary/aromatic N) is 3. The van der Waals surface area contributed by atoms with Crippen LogP contribution in [0.1, 0.15) is 16.7 Å². The van der Waals surface area contributed by atoms with E-state index in [2.05, 4.69) is 9.98 Å². The molecule has 0 aliphatic carbocycles. The zero-order chi connectivity index (χ0) is 23.3. The summed E-state index contributed by atoms with van der Waals surface area (Å²) in [5.41, 5.74) is 2.70. The Balaban J connectivity index is 1.99. The predicted molar refractivity (Wildman–Crippen MR) is 106 cm³/mol. The van der Waals surface area contributed by atoms with Crippen LogP contribution in [0.3, 0.4) is 0 Å². The van der Waals surface area contributed by atoms with Crippen molar-refractivity contribution >= 4 is 11.9 Å². The Bertz CT molecular complexity index is 1260. The molecule has 164 valence electrons. The molecule has 0 saturated carbocycles. The van der Waals surface area contributed by atoms with Crippen LogP contribution < -0.4 is 5.73 Å². The fourth-order valence-corrected chi connectivity index (χ4v) is 3.60. The number of pyridine rings is 1. The van der Waals surface area contributed by atoms with Crippen LogP contribution in [0.2, 0.25) is 0 Å². The van der Waals surface area contributed by atoms with Gasteiger partial charge in [0.2, 0.25) is 0 Å². The van der Waals surface area contributed by atoms with Crippen molar-refractivity contribution in [3.8, 4) is 11.1 Å². The van der Waals surface area contributed by atoms with Crippen LogP contribution in [0, 0.1) is 11.6 Å². The summed E-state index contributed by atoms with van der Waals surface area (Å²) >= 11 is 0. The molecule has 32 heavy (non-hydrogen) atoms. The third-order valence-corrected chi connectivity index (χ3v) is 5.24. The third-order valence-electron chi connectivity index (χ3n) is 5.24. The van der Waals surface area contributed by atoms with Crippen LogP contribution in [0.25, 0.3) is 11.1 Å². The number of benzene rings is 2. The standard InChI is InChI=1S/C22H15F5N4O/c1-31-19(32)21(30-20(31)28,14-8-15(11-29-10-14)22(25,26)27)13-5-6-18(24)17(9-13)12-3-2-4-16(23)7-12/h2-11H,1H3,(H2,28,30). The van der Waals surface area contributed by atoms with Crippen molar-refractivity contribution in [2.75, 3.05) is 7.05 Å². The van der Waals surface area contributed by atoms with Gasteiger partial charge in [-0.2, -0.15) is 13.2 Å². The minimum Gasteiger partial charge on any atom is -0.369 e. The number of guanidine groups is 1. The van der Waals surface area contributed by atoms with Gasteiger partial charge in [-0.15, -0.1) is 0 Å². The van der Waals surface area contributed by atoms with Gasteiger partial charge in [-0.25, -0.2) is 13.8 Å². The lowest BCUT2D eigenvalue weighted by molar-refractivity contribution is -0.138. The molecule has 0 bridgehead atoms. The summed E-state index contributed by atoms with van der Waals surface area (Å²) < 4.78 is 68.3. The van der Waals surface area contributed by atoms with Gasteiger partial charge in [0.15, 0.2) is 11.5 Å². The Labute approximate surface area is 179 Å². The number of halogens is 5. The maximum absolute atomic E-state index is 14.6. The SMILES string of the molecule is CN1C(=O)C(c2cncc(C(F)(F)F)c2)(c2ccc(F)c(-c3cccc(F)c3)c2)N=C1N. The van der Waals surface area contributed by atoms with Crippen molar-refractivity contribution in [3.63, 3.8) is 0 Å². The highest BCUT2D eigenvalue weighted by Gasteiger charge is 2.50. The molecule has 2 N–H and O–H groups in total. The van der Waals surface area contributed by atoms with E-state index >= 15 is 0 Å². The first-order chi connectivity index (χ1) is 15.0. The molecule has 1 atom stereocenters. The molecule has 1 aliphatic heterocycles. The summed E-state index contributed by atoms with van der Waals surface area (Å²) in [6, 6.07) is 9.40. The second-order valence-electron chi connectivity index (χ2n) is 7.21. The van der Waals surface area contributed by atoms with Gasteiger partial charge in [-0.1, -0.05) is 18.2 Å². The van der Waals surface area contributed by atoms with Gasteiger partial charge in [0.1, 0.15) is 11.6 Å². The van der Waals surface area contributed by atoms with Crippen molar-refractivity contribution in [2.24, 2.45) is 10.7 Å². The van der Waals surface area contributed by atoms with E-state index in [1.807, 2.05) is 0 Å². The predicted octanol–water partition coefficient (Wildman–Crippen LogP) is 4.08. The Hall–Kier alpha value is -3.82. The van der Waals surface area contributed by atoms with Crippen LogP contribution in [0.4, 0.5) is 22.0 Å². The molecule has 2 aromatic carbocycles. The molecule has 2 heterocycles. The summed E-state index contributed by atoms with van der Waals surface area (Å²) in [5, 5.41) is 0. The number of hydrogen-bond acceptors (Lipinski definition) is 4. The van der Waals surface area contributed by atoms with Gasteiger partial charge in [0.05, 0.1) is 5.56 Å². The molecule has 0 radical (unpaired) electrons. The molecule has 0 fully saturated rings. The van der Waals surface area contributed by atoms with Gasteiger partial charge >= 0.3 is 6.18 Å². The van der Waals surface area contributed by atoms with Gasteiger partial charge < -0.3 is 5.73 Å². The average molecular weight is 446 g/mol. The summed E-state index contributed by atoms with van der Waals surface area (Å²) in [6.45, 7) is 0. The molecule has 1 aliphatic rings. The third kappa shape index (κ3) is 3.37. The molecule has 1 unspecified atom stereocenters. The maximum atomic E-state index is 14.6. The first-order valence-corrected chi connectivity index (χ1v) is 9.26. The number of likely N-dealkylation sites (N-methyl/N-ethyl adjacent to an activating group) is 1. The van der Waals surface area contributed by atoms with Crippen LogP contribution in [-0.2, 0) is 16.5 Å². The monoisotopic (exact) mass is 446 g/mol. The number of rotatable bonds is 3. The molecule has 0 saturated heterocycles. The fourth-order valence-electron chi connectivity index (χ4n) is 3.60. The lowest BCUT2D eigenvalue weighted by Crippen LogP contribution is -2.41. The number of carbonyl (C=O) groups is 1. The van der Waals surface area contributed by atoms with Crippen LogP contribution >= 0.6 is 0 Å². The van der Waals surface area contributed by atoms with Crippen molar-refractivity contribution < 1.29 is 26.7 Å². The normalized spacial score (nSPS) is 18.8. The number of hydrogen-bond donors (Lipinski definition) is 1. The molecule has 4 rings (SSSR count). The largest absolute Gasteiger partial charge is 0.417 e. The highest BCUT2D eigenvalue weighted by Crippen LogP contribution is 2.42. The number of amides is 1. The Kier molecular flexibility index (Phi) is 4.95. The minimum absolute atomic E-state index is 0.0524. The van der Waals surface area contributed by atoms with E-state index in [1.54, 1.807) is 0 Å². The molecule has 1 aromatic heterocycles. The van der Waals surface area contributed by atoms with Crippen molar-refractivity contribution in [1.82, 2.24) is 9.88 Å². The van der Waals surface area contributed by atoms with E-state index in [0.29, 0.717) is 6.20 Å². The molecule has 10 heteroatoms. The lowest BCUT2D eigenvalue weighted by atomic mass is 9.82. The average Bonchev–Trinajstić information content (AvgIpc) is 2.98. The molecular formula is C22H15F5N4O. The van der Waals surface area contributed by atoms with Crippen molar-refractivity contribution in [3.05, 3.63) is 89.2 Å². The summed E-state index contributed by atoms with van der Waals surface area (Å²) in [7, 11) is 1.32. The number of carbonyl (C=O) groups excluding carboxylic acids is 1. The smallest absolute Gasteiger partial charge is 0.369 e. The first-order valence-electron chi connectivity index (χ1n) is 9.26. The quantitative estimate of drug-likeness (QED) is 0.617. The van der Waals surface area contributed by atoms with Crippen LogP contribution in [0.15, 0.2) is 65.9 Å². The maximum Gasteiger partial charge on any atom is 0.417 e. The highest BCUT2D eigenvalue weighted by atomic mass is 19.4. The summed E-state index contributed by atoms with van der Waals surface area (Å²) in [4.78, 5) is 22.1. The van der Waals surface area contributed by atoms with Crippen LogP contribution in [-0.4, -0.2) is 28.8 Å². The van der Waals surface area contributed by atoms with Crippen molar-refractivity contribution in [2.45, 2.75) is 11.7 Å². The fraction of sp³-hybridized carbons (Fsp3) is 0.136. The molecule has 5 nitrogen and oxygen atoms in total. The highest BCUT2D eigenvalue weighted by molar-refractivity contribution is 6.09. The van der Waals surface area contributed by atoms with E-state index in [4.69, 9.17) is 5.73 Å². The lowest BCUT2D eigenvalue weighted by Gasteiger charge is -2.27. The van der Waals surface area contributed by atoms with E-state index in [-0.39, 0.29) is 28.2 Å². The number of nitrogens with two attached hydrogens (primary N) is 1. The molecular weight excluding hydrogens is 431 g/mol. The minimum atomic E-state index is -4.72. The zero-order valence-electron chi connectivity index (χ0n) is 16.5. The second-order valence-corrected chi connectivity index (χ2v) is 7.21. The Morgan fingerprint density at radius 3 is 2.38 bits per heavy atom. The molecule has 0 spiro atoms. The van der Waals surface area contributed by atoms with E-state index in [0.717, 1.165) is 29.3 Å². The van der Waals surface area contributed by atoms with Crippen LogP contribution in [0.5, 0.6) is 0 Å². The topological polar surface area (TPSA) is 71.6 Å². The number of alkyl halides is 3.